The molecule has 0 radical (unpaired) electrons. The molecule has 1 aliphatic rings. The molecule has 1 saturated heterocycles. The quantitative estimate of drug-likeness (QED) is 0.763. The van der Waals surface area contributed by atoms with E-state index in [0.717, 1.165) is 31.5 Å². The summed E-state index contributed by atoms with van der Waals surface area (Å²) in [7, 11) is 0. The summed E-state index contributed by atoms with van der Waals surface area (Å²) in [5.41, 5.74) is 8.52. The number of fused-ring (bicyclic) bond motifs is 1. The average molecular weight is 339 g/mol. The molecule has 3 aromatic rings. The number of nitrogens with zero attached hydrogens (tertiary/aromatic N) is 3. The second kappa shape index (κ2) is 6.60. The van der Waals surface area contributed by atoms with E-state index >= 15 is 0 Å². The third-order valence-electron chi connectivity index (χ3n) is 4.23. The van der Waals surface area contributed by atoms with Crippen LogP contribution in [0.1, 0.15) is 12.8 Å². The lowest BCUT2D eigenvalue weighted by molar-refractivity contribution is 0.158. The summed E-state index contributed by atoms with van der Waals surface area (Å²) in [6.07, 6.45) is 1.89. The van der Waals surface area contributed by atoms with Crippen molar-refractivity contribution in [2.45, 2.75) is 18.9 Å². The van der Waals surface area contributed by atoms with E-state index in [-0.39, 0.29) is 17.9 Å². The Morgan fingerprint density at radius 1 is 1.00 bits per heavy atom. The van der Waals surface area contributed by atoms with Gasteiger partial charge in [0.25, 0.3) is 0 Å². The van der Waals surface area contributed by atoms with Gasteiger partial charge in [-0.15, -0.1) is 0 Å². The van der Waals surface area contributed by atoms with Gasteiger partial charge in [0.15, 0.2) is 5.52 Å². The molecule has 3 heterocycles. The summed E-state index contributed by atoms with van der Waals surface area (Å²) >= 11 is 0. The maximum atomic E-state index is 13.1. The van der Waals surface area contributed by atoms with E-state index in [0.29, 0.717) is 22.6 Å². The number of hydrogen-bond donors (Lipinski definition) is 2. The molecule has 1 aliphatic heterocycles. The molecular formula is C18H18FN5O. The van der Waals surface area contributed by atoms with Gasteiger partial charge in [-0.2, -0.15) is 4.98 Å². The standard InChI is InChI=1S/C18H18FN5O/c19-12-3-1-11(2-4-12)14-5-6-15-16(22-14)17(24-18(20)23-15)25-13-7-9-21-10-8-13/h1-6,13,21H,7-10H2,(H2,20,23,24). The summed E-state index contributed by atoms with van der Waals surface area (Å²) in [5, 5.41) is 3.30. The van der Waals surface area contributed by atoms with Crippen molar-refractivity contribution in [1.82, 2.24) is 20.3 Å². The molecule has 0 atom stereocenters. The van der Waals surface area contributed by atoms with E-state index in [4.69, 9.17) is 10.5 Å². The second-order valence-corrected chi connectivity index (χ2v) is 6.03. The molecule has 0 bridgehead atoms. The van der Waals surface area contributed by atoms with E-state index in [1.807, 2.05) is 12.1 Å². The Labute approximate surface area is 144 Å². The highest BCUT2D eigenvalue weighted by molar-refractivity contribution is 5.83. The summed E-state index contributed by atoms with van der Waals surface area (Å²) in [6, 6.07) is 9.86. The Morgan fingerprint density at radius 3 is 2.52 bits per heavy atom. The molecule has 1 aromatic carbocycles. The van der Waals surface area contributed by atoms with E-state index < -0.39 is 0 Å². The summed E-state index contributed by atoms with van der Waals surface area (Å²) in [5.74, 6) is 0.279. The zero-order valence-corrected chi connectivity index (χ0v) is 13.6. The van der Waals surface area contributed by atoms with Crippen molar-refractivity contribution < 1.29 is 9.13 Å². The average Bonchev–Trinajstić information content (AvgIpc) is 2.63. The number of anilines is 1. The lowest BCUT2D eigenvalue weighted by Gasteiger charge is -2.23. The molecule has 25 heavy (non-hydrogen) atoms. The van der Waals surface area contributed by atoms with Gasteiger partial charge < -0.3 is 15.8 Å². The molecule has 4 rings (SSSR count). The van der Waals surface area contributed by atoms with Crippen LogP contribution in [0.5, 0.6) is 5.88 Å². The number of nitrogens with one attached hydrogen (secondary N) is 1. The molecular weight excluding hydrogens is 321 g/mol. The van der Waals surface area contributed by atoms with Gasteiger partial charge in [-0.1, -0.05) is 0 Å². The zero-order chi connectivity index (χ0) is 17.2. The highest BCUT2D eigenvalue weighted by Gasteiger charge is 2.18. The summed E-state index contributed by atoms with van der Waals surface area (Å²) < 4.78 is 19.2. The minimum Gasteiger partial charge on any atom is -0.473 e. The minimum atomic E-state index is -0.282. The van der Waals surface area contributed by atoms with Crippen molar-refractivity contribution in [2.75, 3.05) is 18.8 Å². The number of hydrogen-bond acceptors (Lipinski definition) is 6. The van der Waals surface area contributed by atoms with Gasteiger partial charge in [0.2, 0.25) is 11.8 Å². The topological polar surface area (TPSA) is 86.0 Å². The number of nitrogen functional groups attached to an aromatic ring is 1. The lowest BCUT2D eigenvalue weighted by atomic mass is 10.1. The van der Waals surface area contributed by atoms with Gasteiger partial charge in [0.05, 0.1) is 11.2 Å². The maximum Gasteiger partial charge on any atom is 0.245 e. The fraction of sp³-hybridized carbons (Fsp3) is 0.278. The molecule has 0 unspecified atom stereocenters. The van der Waals surface area contributed by atoms with Crippen molar-refractivity contribution in [3.05, 3.63) is 42.2 Å². The van der Waals surface area contributed by atoms with Gasteiger partial charge in [-0.05, 0) is 62.3 Å². The van der Waals surface area contributed by atoms with Crippen LogP contribution >= 0.6 is 0 Å². The predicted molar refractivity (Wildman–Crippen MR) is 93.7 cm³/mol. The van der Waals surface area contributed by atoms with Crippen molar-refractivity contribution in [3.8, 4) is 17.1 Å². The summed E-state index contributed by atoms with van der Waals surface area (Å²) in [6.45, 7) is 1.83. The van der Waals surface area contributed by atoms with Gasteiger partial charge >= 0.3 is 0 Å². The first-order chi connectivity index (χ1) is 12.2. The smallest absolute Gasteiger partial charge is 0.245 e. The first-order valence-electron chi connectivity index (χ1n) is 8.26. The number of halogens is 1. The van der Waals surface area contributed by atoms with Crippen molar-refractivity contribution in [1.29, 1.82) is 0 Å². The molecule has 1 fully saturated rings. The first-order valence-corrected chi connectivity index (χ1v) is 8.26. The third kappa shape index (κ3) is 3.36. The molecule has 6 nitrogen and oxygen atoms in total. The number of aromatic nitrogens is 3. The Hall–Kier alpha value is -2.80. The summed E-state index contributed by atoms with van der Waals surface area (Å²) in [4.78, 5) is 13.1. The molecule has 0 aliphatic carbocycles. The van der Waals surface area contributed by atoms with Crippen LogP contribution in [0.25, 0.3) is 22.3 Å². The molecule has 128 valence electrons. The van der Waals surface area contributed by atoms with E-state index in [9.17, 15) is 4.39 Å². The molecule has 0 saturated carbocycles. The second-order valence-electron chi connectivity index (χ2n) is 6.03. The third-order valence-corrected chi connectivity index (χ3v) is 4.23. The van der Waals surface area contributed by atoms with Crippen LogP contribution in [-0.4, -0.2) is 34.1 Å². The highest BCUT2D eigenvalue weighted by atomic mass is 19.1. The zero-order valence-electron chi connectivity index (χ0n) is 13.6. The number of benzene rings is 1. The Kier molecular flexibility index (Phi) is 4.15. The van der Waals surface area contributed by atoms with Crippen LogP contribution in [0, 0.1) is 5.82 Å². The lowest BCUT2D eigenvalue weighted by Crippen LogP contribution is -2.34. The van der Waals surface area contributed by atoms with Crippen LogP contribution in [-0.2, 0) is 0 Å². The van der Waals surface area contributed by atoms with Crippen LogP contribution in [0.2, 0.25) is 0 Å². The van der Waals surface area contributed by atoms with Crippen LogP contribution in [0.15, 0.2) is 36.4 Å². The molecule has 0 spiro atoms. The number of rotatable bonds is 3. The number of pyridine rings is 1. The van der Waals surface area contributed by atoms with Crippen molar-refractivity contribution in [2.24, 2.45) is 0 Å². The monoisotopic (exact) mass is 339 g/mol. The SMILES string of the molecule is Nc1nc(OC2CCNCC2)c2nc(-c3ccc(F)cc3)ccc2n1. The van der Waals surface area contributed by atoms with Crippen LogP contribution < -0.4 is 15.8 Å². The van der Waals surface area contributed by atoms with E-state index in [1.54, 1.807) is 12.1 Å². The molecule has 2 aromatic heterocycles. The van der Waals surface area contributed by atoms with Gasteiger partial charge in [-0.25, -0.2) is 14.4 Å². The Balaban J connectivity index is 1.75. The molecule has 7 heteroatoms. The normalized spacial score (nSPS) is 15.4. The number of ether oxygens (including phenoxy) is 1. The predicted octanol–water partition coefficient (Wildman–Crippen LogP) is 2.54. The van der Waals surface area contributed by atoms with E-state index in [1.165, 1.54) is 12.1 Å². The fourth-order valence-corrected chi connectivity index (χ4v) is 2.94. The number of piperidine rings is 1. The van der Waals surface area contributed by atoms with E-state index in [2.05, 4.69) is 20.3 Å². The van der Waals surface area contributed by atoms with Gasteiger partial charge in [-0.3, -0.25) is 0 Å². The highest BCUT2D eigenvalue weighted by Crippen LogP contribution is 2.27. The van der Waals surface area contributed by atoms with Crippen LogP contribution in [0.4, 0.5) is 10.3 Å². The van der Waals surface area contributed by atoms with Gasteiger partial charge in [0.1, 0.15) is 11.9 Å². The van der Waals surface area contributed by atoms with Crippen molar-refractivity contribution >= 4 is 17.0 Å². The first kappa shape index (κ1) is 15.7. The minimum absolute atomic E-state index is 0.0787. The molecule has 0 amide bonds. The Morgan fingerprint density at radius 2 is 1.76 bits per heavy atom. The largest absolute Gasteiger partial charge is 0.473 e. The Bertz CT molecular complexity index is 894. The fourth-order valence-electron chi connectivity index (χ4n) is 2.94. The van der Waals surface area contributed by atoms with Crippen molar-refractivity contribution in [3.63, 3.8) is 0 Å². The van der Waals surface area contributed by atoms with Crippen LogP contribution in [0.3, 0.4) is 0 Å². The maximum absolute atomic E-state index is 13.1. The van der Waals surface area contributed by atoms with Gasteiger partial charge in [0, 0.05) is 5.56 Å². The number of nitrogens with two attached hydrogens (primary N) is 1. The molecule has 3 N–H and O–H groups in total.